The molecular formula is C46H28S. The van der Waals surface area contributed by atoms with E-state index >= 15 is 0 Å². The van der Waals surface area contributed by atoms with Gasteiger partial charge in [0.15, 0.2) is 0 Å². The van der Waals surface area contributed by atoms with Crippen LogP contribution in [0.15, 0.2) is 170 Å². The van der Waals surface area contributed by atoms with E-state index in [0.717, 1.165) is 49.0 Å². The van der Waals surface area contributed by atoms with Crippen LogP contribution < -0.4 is 0 Å². The maximum atomic E-state index is 8.92. The standard InChI is InChI=1S/C46H28S/c1-2-13-31(14-3-1)43-35-17-6-8-19-37(35)44(38-20-9-7-18-36(38)43)39-22-10-15-30-24-25-32(28-40(30)39)34-21-11-23-41-46(34)45-33-16-5-4-12-29(33)26-27-42(45)47-41/h1-28H/i1D,2D,3D,13D,14D. The van der Waals surface area contributed by atoms with Gasteiger partial charge in [-0.05, 0) is 94.7 Å². The molecule has 0 N–H and O–H groups in total. The van der Waals surface area contributed by atoms with Gasteiger partial charge in [0.25, 0.3) is 0 Å². The molecule has 10 aromatic rings. The van der Waals surface area contributed by atoms with Crippen molar-refractivity contribution in [2.24, 2.45) is 0 Å². The molecule has 0 nitrogen and oxygen atoms in total. The maximum Gasteiger partial charge on any atom is 0.0629 e. The third-order valence-electron chi connectivity index (χ3n) is 9.53. The summed E-state index contributed by atoms with van der Waals surface area (Å²) in [5.74, 6) is 0. The first kappa shape index (κ1) is 21.9. The summed E-state index contributed by atoms with van der Waals surface area (Å²) in [6, 6.07) is 47.5. The van der Waals surface area contributed by atoms with Crippen LogP contribution in [0, 0.1) is 0 Å². The highest BCUT2D eigenvalue weighted by Gasteiger charge is 2.19. The van der Waals surface area contributed by atoms with Crippen LogP contribution in [-0.2, 0) is 0 Å². The first-order chi connectivity index (χ1) is 25.4. The highest BCUT2D eigenvalue weighted by atomic mass is 32.1. The second kappa shape index (κ2) is 10.4. The molecule has 0 aliphatic rings. The fourth-order valence-corrected chi connectivity index (χ4v) is 8.70. The molecule has 1 aromatic heterocycles. The van der Waals surface area contributed by atoms with Crippen LogP contribution in [0.2, 0.25) is 0 Å². The van der Waals surface area contributed by atoms with Crippen molar-refractivity contribution in [3.63, 3.8) is 0 Å². The van der Waals surface area contributed by atoms with Gasteiger partial charge in [-0.25, -0.2) is 0 Å². The highest BCUT2D eigenvalue weighted by molar-refractivity contribution is 7.26. The first-order valence-corrected chi connectivity index (χ1v) is 16.6. The van der Waals surface area contributed by atoms with Crippen LogP contribution in [0.1, 0.15) is 6.85 Å². The Morgan fingerprint density at radius 2 is 0.957 bits per heavy atom. The lowest BCUT2D eigenvalue weighted by Crippen LogP contribution is -1.91. The molecule has 0 saturated carbocycles. The molecule has 0 radical (unpaired) electrons. The van der Waals surface area contributed by atoms with Crippen molar-refractivity contribution < 1.29 is 6.85 Å². The minimum atomic E-state index is -0.394. The molecule has 0 fully saturated rings. The van der Waals surface area contributed by atoms with E-state index in [0.29, 0.717) is 5.56 Å². The molecule has 0 aliphatic heterocycles. The lowest BCUT2D eigenvalue weighted by atomic mass is 9.84. The normalized spacial score (nSPS) is 13.3. The quantitative estimate of drug-likeness (QED) is 0.173. The van der Waals surface area contributed by atoms with Gasteiger partial charge in [-0.1, -0.05) is 152 Å². The van der Waals surface area contributed by atoms with E-state index in [1.165, 1.54) is 36.5 Å². The SMILES string of the molecule is [2H]c1c([2H])c([2H])c(-c2c3ccccc3c(-c3cccc4ccc(-c5cccc6sc7ccc8ccccc8c7c56)cc34)c3ccccc23)c([2H])c1[2H]. The summed E-state index contributed by atoms with van der Waals surface area (Å²) in [5, 5.41) is 10.9. The zero-order valence-electron chi connectivity index (χ0n) is 30.2. The van der Waals surface area contributed by atoms with Crippen molar-refractivity contribution in [3.8, 4) is 33.4 Å². The van der Waals surface area contributed by atoms with Gasteiger partial charge in [0.05, 0.1) is 6.85 Å². The number of hydrogen-bond donors (Lipinski definition) is 0. The Balaban J connectivity index is 1.29. The molecule has 0 atom stereocenters. The van der Waals surface area contributed by atoms with Crippen molar-refractivity contribution in [2.75, 3.05) is 0 Å². The number of fused-ring (bicyclic) bond motifs is 8. The van der Waals surface area contributed by atoms with Crippen molar-refractivity contribution in [1.82, 2.24) is 0 Å². The van der Waals surface area contributed by atoms with Crippen LogP contribution in [-0.4, -0.2) is 0 Å². The molecule has 47 heavy (non-hydrogen) atoms. The van der Waals surface area contributed by atoms with Crippen LogP contribution in [0.3, 0.4) is 0 Å². The van der Waals surface area contributed by atoms with Crippen molar-refractivity contribution >= 4 is 74.6 Å². The molecule has 9 aromatic carbocycles. The van der Waals surface area contributed by atoms with Crippen molar-refractivity contribution in [2.45, 2.75) is 0 Å². The Bertz CT molecular complexity index is 3050. The van der Waals surface area contributed by atoms with Gasteiger partial charge in [-0.15, -0.1) is 11.3 Å². The third-order valence-corrected chi connectivity index (χ3v) is 10.7. The summed E-state index contributed by atoms with van der Waals surface area (Å²) in [6.45, 7) is 0. The average Bonchev–Trinajstić information content (AvgIpc) is 3.58. The van der Waals surface area contributed by atoms with Crippen molar-refractivity contribution in [3.05, 3.63) is 170 Å². The van der Waals surface area contributed by atoms with E-state index < -0.39 is 6.04 Å². The summed E-state index contributed by atoms with van der Waals surface area (Å²) in [4.78, 5) is 0. The van der Waals surface area contributed by atoms with Crippen LogP contribution in [0.5, 0.6) is 0 Å². The predicted octanol–water partition coefficient (Wildman–Crippen LogP) is 13.7. The molecule has 0 aliphatic carbocycles. The molecule has 218 valence electrons. The van der Waals surface area contributed by atoms with Gasteiger partial charge in [0.1, 0.15) is 0 Å². The second-order valence-electron chi connectivity index (χ2n) is 12.0. The molecule has 1 heteroatoms. The summed E-state index contributed by atoms with van der Waals surface area (Å²) in [7, 11) is 0. The van der Waals surface area contributed by atoms with Gasteiger partial charge >= 0.3 is 0 Å². The van der Waals surface area contributed by atoms with Gasteiger partial charge in [0.2, 0.25) is 0 Å². The third kappa shape index (κ3) is 4.00. The number of rotatable bonds is 3. The fraction of sp³-hybridized carbons (Fsp3) is 0. The number of benzene rings is 9. The first-order valence-electron chi connectivity index (χ1n) is 18.3. The lowest BCUT2D eigenvalue weighted by Gasteiger charge is -2.19. The van der Waals surface area contributed by atoms with Crippen LogP contribution in [0.25, 0.3) is 96.6 Å². The predicted molar refractivity (Wildman–Crippen MR) is 206 cm³/mol. The maximum absolute atomic E-state index is 8.92. The summed E-state index contributed by atoms with van der Waals surface area (Å²) >= 11 is 1.84. The molecule has 1 heterocycles. The lowest BCUT2D eigenvalue weighted by molar-refractivity contribution is 1.66. The van der Waals surface area contributed by atoms with Gasteiger partial charge in [-0.2, -0.15) is 0 Å². The highest BCUT2D eigenvalue weighted by Crippen LogP contribution is 2.47. The largest absolute Gasteiger partial charge is 0.135 e. The minimum absolute atomic E-state index is 0.202. The van der Waals surface area contributed by atoms with Gasteiger partial charge < -0.3 is 0 Å². The molecule has 0 amide bonds. The Morgan fingerprint density at radius 3 is 1.72 bits per heavy atom. The second-order valence-corrected chi connectivity index (χ2v) is 13.1. The minimum Gasteiger partial charge on any atom is -0.135 e. The molecule has 0 spiro atoms. The number of hydrogen-bond acceptors (Lipinski definition) is 1. The van der Waals surface area contributed by atoms with Crippen molar-refractivity contribution in [1.29, 1.82) is 0 Å². The smallest absolute Gasteiger partial charge is 0.0629 e. The number of thiophene rings is 1. The molecule has 0 unspecified atom stereocenters. The Hall–Kier alpha value is -5.76. The zero-order chi connectivity index (χ0) is 35.2. The average molecular weight is 618 g/mol. The van der Waals surface area contributed by atoms with E-state index in [-0.39, 0.29) is 29.7 Å². The van der Waals surface area contributed by atoms with E-state index in [1.807, 2.05) is 47.7 Å². The topological polar surface area (TPSA) is 0 Å². The summed E-state index contributed by atoms with van der Waals surface area (Å²) < 4.78 is 45.6. The molecule has 0 saturated heterocycles. The molecular weight excluding hydrogens is 585 g/mol. The van der Waals surface area contributed by atoms with E-state index in [2.05, 4.69) is 103 Å². The van der Waals surface area contributed by atoms with Gasteiger partial charge in [0, 0.05) is 20.2 Å². The van der Waals surface area contributed by atoms with Crippen LogP contribution >= 0.6 is 11.3 Å². The van der Waals surface area contributed by atoms with Gasteiger partial charge in [-0.3, -0.25) is 0 Å². The zero-order valence-corrected chi connectivity index (χ0v) is 26.0. The van der Waals surface area contributed by atoms with Crippen LogP contribution in [0.4, 0.5) is 0 Å². The molecule has 0 bridgehead atoms. The Kier molecular flexibility index (Phi) is 4.84. The summed E-state index contributed by atoms with van der Waals surface area (Å²) in [6.07, 6.45) is 0. The molecule has 10 rings (SSSR count). The monoisotopic (exact) mass is 617 g/mol. The van der Waals surface area contributed by atoms with E-state index in [4.69, 9.17) is 6.85 Å². The van der Waals surface area contributed by atoms with E-state index in [9.17, 15) is 0 Å². The summed E-state index contributed by atoms with van der Waals surface area (Å²) in [5.41, 5.74) is 5.33. The Morgan fingerprint density at radius 1 is 0.383 bits per heavy atom. The Labute approximate surface area is 283 Å². The van der Waals surface area contributed by atoms with E-state index in [1.54, 1.807) is 0 Å². The fourth-order valence-electron chi connectivity index (χ4n) is 7.55.